The van der Waals surface area contributed by atoms with Gasteiger partial charge < -0.3 is 4.90 Å². The highest BCUT2D eigenvalue weighted by molar-refractivity contribution is 6.32. The van der Waals surface area contributed by atoms with Gasteiger partial charge in [-0.25, -0.2) is 4.98 Å². The van der Waals surface area contributed by atoms with Gasteiger partial charge in [0.1, 0.15) is 5.15 Å². The van der Waals surface area contributed by atoms with Gasteiger partial charge in [-0.2, -0.15) is 5.26 Å². The lowest BCUT2D eigenvalue weighted by Gasteiger charge is -2.15. The zero-order valence-corrected chi connectivity index (χ0v) is 9.03. The molecule has 0 aliphatic heterocycles. The number of aromatic nitrogens is 1. The van der Waals surface area contributed by atoms with Crippen LogP contribution in [0.4, 0.5) is 0 Å². The molecule has 4 nitrogen and oxygen atoms in total. The third kappa shape index (κ3) is 2.93. The standard InChI is InChI=1S/C10H10ClN3O/c1-14(7-3-5-12)10(15)8-4-2-6-13-9(8)11/h2,4,6H,3,7H2,1H3. The lowest BCUT2D eigenvalue weighted by molar-refractivity contribution is 0.0798. The van der Waals surface area contributed by atoms with E-state index in [4.69, 9.17) is 16.9 Å². The van der Waals surface area contributed by atoms with Gasteiger partial charge in [-0.15, -0.1) is 0 Å². The highest BCUT2D eigenvalue weighted by atomic mass is 35.5. The summed E-state index contributed by atoms with van der Waals surface area (Å²) in [5.41, 5.74) is 0.361. The van der Waals surface area contributed by atoms with Gasteiger partial charge >= 0.3 is 0 Å². The third-order valence-corrected chi connectivity index (χ3v) is 2.20. The molecule has 1 heterocycles. The van der Waals surface area contributed by atoms with E-state index < -0.39 is 0 Å². The maximum atomic E-state index is 11.8. The maximum absolute atomic E-state index is 11.8. The Bertz CT molecular complexity index is 400. The predicted octanol–water partition coefficient (Wildman–Crippen LogP) is 1.72. The number of hydrogen-bond donors (Lipinski definition) is 0. The van der Waals surface area contributed by atoms with Gasteiger partial charge in [0.2, 0.25) is 0 Å². The summed E-state index contributed by atoms with van der Waals surface area (Å²) in [4.78, 5) is 17.0. The average molecular weight is 224 g/mol. The Morgan fingerprint density at radius 2 is 2.47 bits per heavy atom. The number of carbonyl (C=O) groups excluding carboxylic acids is 1. The highest BCUT2D eigenvalue weighted by Gasteiger charge is 2.14. The first-order valence-corrected chi connectivity index (χ1v) is 4.77. The van der Waals surface area contributed by atoms with E-state index in [1.54, 1.807) is 19.2 Å². The van der Waals surface area contributed by atoms with Crippen molar-refractivity contribution in [1.29, 1.82) is 5.26 Å². The maximum Gasteiger partial charge on any atom is 0.256 e. The number of pyridine rings is 1. The summed E-state index contributed by atoms with van der Waals surface area (Å²) in [6, 6.07) is 5.24. The Balaban J connectivity index is 2.77. The second kappa shape index (κ2) is 5.32. The van der Waals surface area contributed by atoms with E-state index in [9.17, 15) is 4.79 Å². The van der Waals surface area contributed by atoms with Crippen LogP contribution >= 0.6 is 11.6 Å². The topological polar surface area (TPSA) is 57.0 Å². The Morgan fingerprint density at radius 1 is 1.73 bits per heavy atom. The van der Waals surface area contributed by atoms with Crippen molar-refractivity contribution in [3.8, 4) is 6.07 Å². The number of amides is 1. The van der Waals surface area contributed by atoms with Crippen LogP contribution in [0.1, 0.15) is 16.8 Å². The van der Waals surface area contributed by atoms with Crippen molar-refractivity contribution >= 4 is 17.5 Å². The minimum atomic E-state index is -0.219. The summed E-state index contributed by atoms with van der Waals surface area (Å²) < 4.78 is 0. The molecule has 0 fully saturated rings. The molecule has 0 bridgehead atoms. The van der Waals surface area contributed by atoms with Crippen molar-refractivity contribution < 1.29 is 4.79 Å². The number of nitrogens with zero attached hydrogens (tertiary/aromatic N) is 3. The second-order valence-corrected chi connectivity index (χ2v) is 3.33. The van der Waals surface area contributed by atoms with Gasteiger partial charge in [-0.3, -0.25) is 4.79 Å². The van der Waals surface area contributed by atoms with Crippen LogP contribution in [0.5, 0.6) is 0 Å². The lowest BCUT2D eigenvalue weighted by Crippen LogP contribution is -2.27. The molecular weight excluding hydrogens is 214 g/mol. The molecule has 0 spiro atoms. The molecule has 1 rings (SSSR count). The summed E-state index contributed by atoms with van der Waals surface area (Å²) in [7, 11) is 1.63. The van der Waals surface area contributed by atoms with Gasteiger partial charge in [-0.1, -0.05) is 11.6 Å². The third-order valence-electron chi connectivity index (χ3n) is 1.90. The first kappa shape index (κ1) is 11.5. The van der Waals surface area contributed by atoms with E-state index in [0.29, 0.717) is 18.5 Å². The Kier molecular flexibility index (Phi) is 4.07. The fourth-order valence-corrected chi connectivity index (χ4v) is 1.27. The zero-order chi connectivity index (χ0) is 11.3. The van der Waals surface area contributed by atoms with Crippen LogP contribution in [0.25, 0.3) is 0 Å². The summed E-state index contributed by atoms with van der Waals surface area (Å²) in [6.45, 7) is 0.389. The van der Waals surface area contributed by atoms with Gasteiger partial charge in [0, 0.05) is 19.8 Å². The molecule has 0 aliphatic carbocycles. The van der Waals surface area contributed by atoms with Gasteiger partial charge in [0.25, 0.3) is 5.91 Å². The molecule has 1 amide bonds. The average Bonchev–Trinajstić information content (AvgIpc) is 2.25. The second-order valence-electron chi connectivity index (χ2n) is 2.98. The molecule has 0 radical (unpaired) electrons. The first-order valence-electron chi connectivity index (χ1n) is 4.39. The Labute approximate surface area is 93.1 Å². The van der Waals surface area contributed by atoms with Crippen LogP contribution in [-0.2, 0) is 0 Å². The van der Waals surface area contributed by atoms with Crippen LogP contribution in [0.3, 0.4) is 0 Å². The van der Waals surface area contributed by atoms with Gasteiger partial charge in [-0.05, 0) is 12.1 Å². The van der Waals surface area contributed by atoms with Crippen molar-refractivity contribution in [3.63, 3.8) is 0 Å². The van der Waals surface area contributed by atoms with Gasteiger partial charge in [0.05, 0.1) is 18.1 Å². The van der Waals surface area contributed by atoms with Crippen LogP contribution in [-0.4, -0.2) is 29.4 Å². The Hall–Kier alpha value is -1.60. The van der Waals surface area contributed by atoms with Gasteiger partial charge in [0.15, 0.2) is 0 Å². The monoisotopic (exact) mass is 223 g/mol. The molecule has 0 unspecified atom stereocenters. The number of halogens is 1. The predicted molar refractivity (Wildman–Crippen MR) is 56.4 cm³/mol. The molecule has 0 aliphatic rings. The van der Waals surface area contributed by atoms with E-state index in [1.165, 1.54) is 11.1 Å². The fourth-order valence-electron chi connectivity index (χ4n) is 1.07. The number of nitriles is 1. The summed E-state index contributed by atoms with van der Waals surface area (Å²) in [5.74, 6) is -0.219. The largest absolute Gasteiger partial charge is 0.341 e. The normalized spacial score (nSPS) is 9.40. The van der Waals surface area contributed by atoms with E-state index in [-0.39, 0.29) is 11.1 Å². The smallest absolute Gasteiger partial charge is 0.256 e. The molecule has 0 aromatic carbocycles. The van der Waals surface area contributed by atoms with E-state index in [1.807, 2.05) is 6.07 Å². The van der Waals surface area contributed by atoms with Crippen molar-refractivity contribution in [1.82, 2.24) is 9.88 Å². The highest BCUT2D eigenvalue weighted by Crippen LogP contribution is 2.13. The molecule has 0 saturated carbocycles. The van der Waals surface area contributed by atoms with Crippen LogP contribution in [0.15, 0.2) is 18.3 Å². The van der Waals surface area contributed by atoms with Crippen molar-refractivity contribution in [3.05, 3.63) is 29.0 Å². The fraction of sp³-hybridized carbons (Fsp3) is 0.300. The summed E-state index contributed by atoms with van der Waals surface area (Å²) in [5, 5.41) is 8.58. The molecule has 1 aromatic rings. The number of hydrogen-bond acceptors (Lipinski definition) is 3. The minimum Gasteiger partial charge on any atom is -0.341 e. The van der Waals surface area contributed by atoms with Crippen LogP contribution in [0, 0.1) is 11.3 Å². The zero-order valence-electron chi connectivity index (χ0n) is 8.27. The molecule has 0 atom stereocenters. The molecule has 78 valence electrons. The molecule has 15 heavy (non-hydrogen) atoms. The van der Waals surface area contributed by atoms with Crippen LogP contribution < -0.4 is 0 Å². The quantitative estimate of drug-likeness (QED) is 0.734. The Morgan fingerprint density at radius 3 is 3.07 bits per heavy atom. The van der Waals surface area contributed by atoms with E-state index >= 15 is 0 Å². The van der Waals surface area contributed by atoms with E-state index in [0.717, 1.165) is 0 Å². The van der Waals surface area contributed by atoms with Crippen molar-refractivity contribution in [2.24, 2.45) is 0 Å². The molecule has 0 saturated heterocycles. The minimum absolute atomic E-state index is 0.186. The molecule has 5 heteroatoms. The molecule has 0 N–H and O–H groups in total. The van der Waals surface area contributed by atoms with Crippen LogP contribution in [0.2, 0.25) is 5.15 Å². The first-order chi connectivity index (χ1) is 7.16. The molecule has 1 aromatic heterocycles. The lowest BCUT2D eigenvalue weighted by atomic mass is 10.2. The number of rotatable bonds is 3. The van der Waals surface area contributed by atoms with E-state index in [2.05, 4.69) is 4.98 Å². The SMILES string of the molecule is CN(CCC#N)C(=O)c1cccnc1Cl. The number of carbonyl (C=O) groups is 1. The van der Waals surface area contributed by atoms with Crippen molar-refractivity contribution in [2.45, 2.75) is 6.42 Å². The summed E-state index contributed by atoms with van der Waals surface area (Å²) in [6.07, 6.45) is 1.83. The molecular formula is C10H10ClN3O. The summed E-state index contributed by atoms with van der Waals surface area (Å²) >= 11 is 5.77. The van der Waals surface area contributed by atoms with Crippen molar-refractivity contribution in [2.75, 3.05) is 13.6 Å².